The van der Waals surface area contributed by atoms with E-state index in [1.54, 1.807) is 0 Å². The molecule has 0 amide bonds. The minimum atomic E-state index is -0.286. The van der Waals surface area contributed by atoms with Crippen LogP contribution < -0.4 is 0 Å². The summed E-state index contributed by atoms with van der Waals surface area (Å²) in [5.74, 6) is 0. The van der Waals surface area contributed by atoms with Gasteiger partial charge in [0.25, 0.3) is 0 Å². The van der Waals surface area contributed by atoms with Crippen molar-refractivity contribution in [2.75, 3.05) is 0 Å². The largest absolute Gasteiger partial charge is 0.0713 e. The summed E-state index contributed by atoms with van der Waals surface area (Å²) in [6.07, 6.45) is 0. The maximum atomic E-state index is 3.50. The highest BCUT2D eigenvalue weighted by atomic mass is 14.5. The van der Waals surface area contributed by atoms with Crippen molar-refractivity contribution in [3.63, 3.8) is 0 Å². The summed E-state index contributed by atoms with van der Waals surface area (Å²) in [6.45, 7) is 0. The Kier molecular flexibility index (Phi) is 3.11. The Morgan fingerprint density at radius 1 is 0.520 bits per heavy atom. The minimum absolute atomic E-state index is 0.286. The SMILES string of the molecule is [c]1cccc2c1-c1ccccc1C2(c1ccccc1)c1ccccc1. The summed E-state index contributed by atoms with van der Waals surface area (Å²) in [7, 11) is 0. The number of rotatable bonds is 2. The topological polar surface area (TPSA) is 0 Å². The van der Waals surface area contributed by atoms with Gasteiger partial charge < -0.3 is 0 Å². The van der Waals surface area contributed by atoms with Gasteiger partial charge in [-0.25, -0.2) is 0 Å². The molecule has 0 saturated carbocycles. The lowest BCUT2D eigenvalue weighted by Crippen LogP contribution is -2.28. The highest BCUT2D eigenvalue weighted by Crippen LogP contribution is 2.55. The second-order valence-electron chi connectivity index (χ2n) is 6.49. The number of benzene rings is 4. The molecule has 0 fully saturated rings. The fourth-order valence-electron chi connectivity index (χ4n) is 4.31. The third kappa shape index (κ3) is 1.88. The number of fused-ring (bicyclic) bond motifs is 3. The predicted octanol–water partition coefficient (Wildman–Crippen LogP) is 5.85. The summed E-state index contributed by atoms with van der Waals surface area (Å²) in [4.78, 5) is 0. The van der Waals surface area contributed by atoms with Gasteiger partial charge in [-0.2, -0.15) is 0 Å². The molecule has 0 unspecified atom stereocenters. The van der Waals surface area contributed by atoms with Crippen molar-refractivity contribution in [2.24, 2.45) is 0 Å². The third-order valence-electron chi connectivity index (χ3n) is 5.27. The van der Waals surface area contributed by atoms with Gasteiger partial charge in [-0.3, -0.25) is 0 Å². The van der Waals surface area contributed by atoms with E-state index in [4.69, 9.17) is 0 Å². The molecule has 0 saturated heterocycles. The molecule has 0 atom stereocenters. The normalized spacial score (nSPS) is 13.9. The average molecular weight is 317 g/mol. The maximum Gasteiger partial charge on any atom is 0.0713 e. The molecule has 25 heavy (non-hydrogen) atoms. The van der Waals surface area contributed by atoms with Crippen LogP contribution in [-0.2, 0) is 5.41 Å². The summed E-state index contributed by atoms with van der Waals surface area (Å²) < 4.78 is 0. The van der Waals surface area contributed by atoms with Crippen molar-refractivity contribution < 1.29 is 0 Å². The van der Waals surface area contributed by atoms with Gasteiger partial charge in [0.1, 0.15) is 0 Å². The van der Waals surface area contributed by atoms with E-state index in [2.05, 4.69) is 103 Å². The molecule has 0 aromatic heterocycles. The smallest absolute Gasteiger partial charge is 0.0622 e. The number of hydrogen-bond donors (Lipinski definition) is 0. The van der Waals surface area contributed by atoms with Crippen LogP contribution in [0.4, 0.5) is 0 Å². The summed E-state index contributed by atoms with van der Waals surface area (Å²) in [5, 5.41) is 0. The van der Waals surface area contributed by atoms with Gasteiger partial charge in [0.15, 0.2) is 0 Å². The van der Waals surface area contributed by atoms with Gasteiger partial charge in [-0.1, -0.05) is 103 Å². The van der Waals surface area contributed by atoms with E-state index in [1.807, 2.05) is 6.07 Å². The van der Waals surface area contributed by atoms with E-state index in [0.717, 1.165) is 0 Å². The van der Waals surface area contributed by atoms with Crippen molar-refractivity contribution in [1.82, 2.24) is 0 Å². The lowest BCUT2D eigenvalue weighted by Gasteiger charge is -2.33. The average Bonchev–Trinajstić information content (AvgIpc) is 3.01. The Morgan fingerprint density at radius 3 is 1.76 bits per heavy atom. The highest BCUT2D eigenvalue weighted by Gasteiger charge is 2.45. The van der Waals surface area contributed by atoms with E-state index < -0.39 is 0 Å². The molecule has 1 aliphatic carbocycles. The van der Waals surface area contributed by atoms with Crippen LogP contribution in [0.2, 0.25) is 0 Å². The first-order valence-electron chi connectivity index (χ1n) is 8.64. The summed E-state index contributed by atoms with van der Waals surface area (Å²) in [5.41, 5.74) is 7.46. The van der Waals surface area contributed by atoms with Crippen molar-refractivity contribution in [3.05, 3.63) is 131 Å². The zero-order valence-corrected chi connectivity index (χ0v) is 13.8. The minimum Gasteiger partial charge on any atom is -0.0622 e. The van der Waals surface area contributed by atoms with Crippen molar-refractivity contribution in [1.29, 1.82) is 0 Å². The Labute approximate surface area is 148 Å². The predicted molar refractivity (Wildman–Crippen MR) is 103 cm³/mol. The molecule has 0 aliphatic heterocycles. The van der Waals surface area contributed by atoms with Crippen LogP contribution in [0.1, 0.15) is 22.3 Å². The standard InChI is InChI=1S/C25H17/c1-3-11-19(12-4-1)25(20-13-5-2-6-14-20)23-17-9-7-15-21(23)22-16-8-10-18-24(22)25/h1-15,17-18H. The Morgan fingerprint density at radius 2 is 1.08 bits per heavy atom. The molecule has 4 aromatic carbocycles. The first kappa shape index (κ1) is 14.2. The van der Waals surface area contributed by atoms with Crippen LogP contribution in [0, 0.1) is 6.07 Å². The first-order chi connectivity index (χ1) is 12.4. The Balaban J connectivity index is 1.98. The molecule has 1 radical (unpaired) electrons. The lowest BCUT2D eigenvalue weighted by molar-refractivity contribution is 0.768. The van der Waals surface area contributed by atoms with E-state index in [-0.39, 0.29) is 5.41 Å². The van der Waals surface area contributed by atoms with Gasteiger partial charge in [-0.05, 0) is 39.4 Å². The third-order valence-corrected chi connectivity index (χ3v) is 5.27. The van der Waals surface area contributed by atoms with Crippen LogP contribution in [-0.4, -0.2) is 0 Å². The Bertz CT molecular complexity index is 943. The van der Waals surface area contributed by atoms with Crippen molar-refractivity contribution >= 4 is 0 Å². The molecule has 5 rings (SSSR count). The Hall–Kier alpha value is -3.12. The van der Waals surface area contributed by atoms with Gasteiger partial charge in [0.2, 0.25) is 0 Å². The van der Waals surface area contributed by atoms with Gasteiger partial charge in [0.05, 0.1) is 5.41 Å². The number of hydrogen-bond acceptors (Lipinski definition) is 0. The van der Waals surface area contributed by atoms with E-state index >= 15 is 0 Å². The molecule has 0 heteroatoms. The zero-order chi connectivity index (χ0) is 16.7. The highest BCUT2D eigenvalue weighted by molar-refractivity contribution is 5.85. The molecule has 0 nitrogen and oxygen atoms in total. The van der Waals surface area contributed by atoms with Crippen molar-refractivity contribution in [2.45, 2.75) is 5.41 Å². The maximum absolute atomic E-state index is 3.50. The molecular formula is C25H17. The monoisotopic (exact) mass is 317 g/mol. The summed E-state index contributed by atoms with van der Waals surface area (Å²) >= 11 is 0. The van der Waals surface area contributed by atoms with Crippen LogP contribution in [0.15, 0.2) is 103 Å². The fraction of sp³-hybridized carbons (Fsp3) is 0.0400. The molecule has 117 valence electrons. The quantitative estimate of drug-likeness (QED) is 0.383. The molecule has 0 heterocycles. The van der Waals surface area contributed by atoms with Gasteiger partial charge >= 0.3 is 0 Å². The summed E-state index contributed by atoms with van der Waals surface area (Å²) in [6, 6.07) is 40.3. The zero-order valence-electron chi connectivity index (χ0n) is 13.8. The molecule has 0 N–H and O–H groups in total. The van der Waals surface area contributed by atoms with Crippen LogP contribution >= 0.6 is 0 Å². The molecule has 4 aromatic rings. The van der Waals surface area contributed by atoms with Crippen LogP contribution in [0.5, 0.6) is 0 Å². The van der Waals surface area contributed by atoms with Crippen LogP contribution in [0.3, 0.4) is 0 Å². The van der Waals surface area contributed by atoms with Crippen molar-refractivity contribution in [3.8, 4) is 11.1 Å². The molecule has 0 bridgehead atoms. The second kappa shape index (κ2) is 5.46. The molecule has 1 aliphatic rings. The van der Waals surface area contributed by atoms with E-state index in [9.17, 15) is 0 Å². The van der Waals surface area contributed by atoms with Crippen LogP contribution in [0.25, 0.3) is 11.1 Å². The van der Waals surface area contributed by atoms with Gasteiger partial charge in [0, 0.05) is 0 Å². The molecule has 0 spiro atoms. The fourth-order valence-corrected chi connectivity index (χ4v) is 4.31. The first-order valence-corrected chi connectivity index (χ1v) is 8.64. The van der Waals surface area contributed by atoms with E-state index in [0.29, 0.717) is 0 Å². The lowest BCUT2D eigenvalue weighted by atomic mass is 9.68. The van der Waals surface area contributed by atoms with E-state index in [1.165, 1.54) is 33.4 Å². The second-order valence-corrected chi connectivity index (χ2v) is 6.49. The van der Waals surface area contributed by atoms with Gasteiger partial charge in [-0.15, -0.1) is 0 Å². The molecular weight excluding hydrogens is 300 g/mol.